The molecule has 0 spiro atoms. The number of carbonyl (C=O) groups is 1. The minimum atomic E-state index is 0.0571. The second-order valence-corrected chi connectivity index (χ2v) is 4.47. The lowest BCUT2D eigenvalue weighted by Gasteiger charge is -2.16. The molecule has 3 nitrogen and oxygen atoms in total. The van der Waals surface area contributed by atoms with E-state index in [2.05, 4.69) is 16.7 Å². The average Bonchev–Trinajstić information content (AvgIpc) is 2.29. The maximum atomic E-state index is 11.2. The number of hydrogen-bond donors (Lipinski definition) is 2. The lowest BCUT2D eigenvalue weighted by Crippen LogP contribution is -2.26. The Labute approximate surface area is 101 Å². The second-order valence-electron chi connectivity index (χ2n) is 3.62. The van der Waals surface area contributed by atoms with Gasteiger partial charge in [0.1, 0.15) is 0 Å². The molecule has 0 aromatic heterocycles. The van der Waals surface area contributed by atoms with E-state index < -0.39 is 0 Å². The van der Waals surface area contributed by atoms with Crippen LogP contribution in [0, 0.1) is 0 Å². The second kappa shape index (κ2) is 6.43. The Kier molecular flexibility index (Phi) is 5.19. The van der Waals surface area contributed by atoms with Gasteiger partial charge in [-0.3, -0.25) is 4.79 Å². The first-order valence-corrected chi connectivity index (χ1v) is 6.50. The summed E-state index contributed by atoms with van der Waals surface area (Å²) in [5.41, 5.74) is 1.09. The van der Waals surface area contributed by atoms with Gasteiger partial charge in [-0.1, -0.05) is 12.1 Å². The van der Waals surface area contributed by atoms with Gasteiger partial charge in [-0.05, 0) is 25.3 Å². The number of nitrogens with one attached hydrogen (secondary N) is 2. The van der Waals surface area contributed by atoms with Crippen molar-refractivity contribution in [1.29, 1.82) is 0 Å². The van der Waals surface area contributed by atoms with Gasteiger partial charge in [-0.2, -0.15) is 0 Å². The molecule has 0 aliphatic rings. The topological polar surface area (TPSA) is 41.1 Å². The Balaban J connectivity index is 2.61. The quantitative estimate of drug-likeness (QED) is 0.774. The van der Waals surface area contributed by atoms with Gasteiger partial charge in [-0.15, -0.1) is 11.8 Å². The van der Waals surface area contributed by atoms with Crippen molar-refractivity contribution in [3.8, 4) is 0 Å². The summed E-state index contributed by atoms with van der Waals surface area (Å²) in [6, 6.07) is 8.24. The molecular formula is C12H18N2OS. The number of amides is 1. The molecule has 16 heavy (non-hydrogen) atoms. The van der Waals surface area contributed by atoms with E-state index in [-0.39, 0.29) is 11.9 Å². The van der Waals surface area contributed by atoms with Crippen molar-refractivity contribution < 1.29 is 4.79 Å². The zero-order valence-electron chi connectivity index (χ0n) is 9.91. The molecule has 0 heterocycles. The largest absolute Gasteiger partial charge is 0.381 e. The highest BCUT2D eigenvalue weighted by molar-refractivity contribution is 7.98. The van der Waals surface area contributed by atoms with Crippen LogP contribution in [0.25, 0.3) is 0 Å². The van der Waals surface area contributed by atoms with Crippen molar-refractivity contribution in [2.45, 2.75) is 24.3 Å². The predicted molar refractivity (Wildman–Crippen MR) is 70.0 cm³/mol. The first kappa shape index (κ1) is 12.9. The first-order chi connectivity index (χ1) is 7.67. The average molecular weight is 238 g/mol. The number of carbonyl (C=O) groups excluding carboxylic acids is 1. The maximum Gasteiger partial charge on any atom is 0.221 e. The van der Waals surface area contributed by atoms with Gasteiger partial charge in [-0.25, -0.2) is 0 Å². The Morgan fingerprint density at radius 3 is 2.75 bits per heavy atom. The molecule has 0 radical (unpaired) electrons. The van der Waals surface area contributed by atoms with Gasteiger partial charge < -0.3 is 10.6 Å². The number of para-hydroxylation sites is 1. The monoisotopic (exact) mass is 238 g/mol. The third kappa shape index (κ3) is 3.77. The van der Waals surface area contributed by atoms with Crippen LogP contribution in [0.4, 0.5) is 5.69 Å². The summed E-state index contributed by atoms with van der Waals surface area (Å²) in [6.07, 6.45) is 2.53. The van der Waals surface area contributed by atoms with E-state index in [1.54, 1.807) is 18.8 Å². The van der Waals surface area contributed by atoms with E-state index in [0.29, 0.717) is 6.42 Å². The molecule has 88 valence electrons. The molecule has 4 heteroatoms. The number of hydrogen-bond acceptors (Lipinski definition) is 3. The number of anilines is 1. The highest BCUT2D eigenvalue weighted by atomic mass is 32.2. The first-order valence-electron chi connectivity index (χ1n) is 5.27. The van der Waals surface area contributed by atoms with Crippen molar-refractivity contribution >= 4 is 23.4 Å². The lowest BCUT2D eigenvalue weighted by molar-refractivity contribution is -0.120. The third-order valence-corrected chi connectivity index (χ3v) is 3.08. The van der Waals surface area contributed by atoms with E-state index in [4.69, 9.17) is 0 Å². The molecule has 0 saturated heterocycles. The molecule has 1 rings (SSSR count). The minimum absolute atomic E-state index is 0.0571. The Hall–Kier alpha value is -1.16. The van der Waals surface area contributed by atoms with Crippen LogP contribution in [0.3, 0.4) is 0 Å². The van der Waals surface area contributed by atoms with E-state index >= 15 is 0 Å². The molecule has 1 aromatic carbocycles. The van der Waals surface area contributed by atoms with Crippen LogP contribution in [0.1, 0.15) is 13.3 Å². The molecule has 0 aliphatic carbocycles. The van der Waals surface area contributed by atoms with E-state index in [9.17, 15) is 4.79 Å². The molecule has 1 amide bonds. The van der Waals surface area contributed by atoms with Crippen LogP contribution in [0.15, 0.2) is 29.2 Å². The standard InChI is InChI=1S/C12H18N2OS/c1-9(8-12(15)13-2)14-10-6-4-5-7-11(10)16-3/h4-7,9,14H,8H2,1-3H3,(H,13,15). The maximum absolute atomic E-state index is 11.2. The van der Waals surface area contributed by atoms with Crippen molar-refractivity contribution in [3.63, 3.8) is 0 Å². The molecule has 0 aliphatic heterocycles. The molecular weight excluding hydrogens is 220 g/mol. The molecule has 0 fully saturated rings. The number of benzene rings is 1. The minimum Gasteiger partial charge on any atom is -0.381 e. The fourth-order valence-corrected chi connectivity index (χ4v) is 2.02. The van der Waals surface area contributed by atoms with Gasteiger partial charge in [0.2, 0.25) is 5.91 Å². The fourth-order valence-electron chi connectivity index (χ4n) is 1.46. The highest BCUT2D eigenvalue weighted by Crippen LogP contribution is 2.25. The molecule has 0 saturated carbocycles. The zero-order chi connectivity index (χ0) is 12.0. The van der Waals surface area contributed by atoms with Crippen LogP contribution in [0.2, 0.25) is 0 Å². The number of rotatable bonds is 5. The van der Waals surface area contributed by atoms with Crippen molar-refractivity contribution in [1.82, 2.24) is 5.32 Å². The fraction of sp³-hybridized carbons (Fsp3) is 0.417. The predicted octanol–water partition coefficient (Wildman–Crippen LogP) is 2.34. The summed E-state index contributed by atoms with van der Waals surface area (Å²) >= 11 is 1.70. The van der Waals surface area contributed by atoms with Crippen LogP contribution in [-0.4, -0.2) is 25.3 Å². The summed E-state index contributed by atoms with van der Waals surface area (Å²) in [5.74, 6) is 0.0571. The van der Waals surface area contributed by atoms with Crippen LogP contribution >= 0.6 is 11.8 Å². The van der Waals surface area contributed by atoms with Gasteiger partial charge in [0.15, 0.2) is 0 Å². The van der Waals surface area contributed by atoms with Gasteiger partial charge >= 0.3 is 0 Å². The molecule has 2 N–H and O–H groups in total. The number of thioether (sulfide) groups is 1. The van der Waals surface area contributed by atoms with E-state index in [0.717, 1.165) is 5.69 Å². The third-order valence-electron chi connectivity index (χ3n) is 2.28. The van der Waals surface area contributed by atoms with Crippen molar-refractivity contribution in [2.75, 3.05) is 18.6 Å². The summed E-state index contributed by atoms with van der Waals surface area (Å²) < 4.78 is 0. The molecule has 1 unspecified atom stereocenters. The van der Waals surface area contributed by atoms with Crippen LogP contribution in [0.5, 0.6) is 0 Å². The summed E-state index contributed by atoms with van der Waals surface area (Å²) in [5, 5.41) is 5.97. The summed E-state index contributed by atoms with van der Waals surface area (Å²) in [7, 11) is 1.66. The normalized spacial score (nSPS) is 11.9. The molecule has 0 bridgehead atoms. The van der Waals surface area contributed by atoms with Gasteiger partial charge in [0, 0.05) is 30.1 Å². The van der Waals surface area contributed by atoms with Crippen molar-refractivity contribution in [3.05, 3.63) is 24.3 Å². The van der Waals surface area contributed by atoms with E-state index in [1.165, 1.54) is 4.90 Å². The SMILES string of the molecule is CNC(=O)CC(C)Nc1ccccc1SC. The smallest absolute Gasteiger partial charge is 0.221 e. The van der Waals surface area contributed by atoms with Crippen molar-refractivity contribution in [2.24, 2.45) is 0 Å². The molecule has 1 aromatic rings. The Morgan fingerprint density at radius 2 is 2.12 bits per heavy atom. The Morgan fingerprint density at radius 1 is 1.44 bits per heavy atom. The lowest BCUT2D eigenvalue weighted by atomic mass is 10.2. The van der Waals surface area contributed by atoms with Gasteiger partial charge in [0.05, 0.1) is 0 Å². The Bertz CT molecular complexity index is 355. The van der Waals surface area contributed by atoms with Crippen LogP contribution < -0.4 is 10.6 Å². The van der Waals surface area contributed by atoms with Crippen LogP contribution in [-0.2, 0) is 4.79 Å². The van der Waals surface area contributed by atoms with Gasteiger partial charge in [0.25, 0.3) is 0 Å². The summed E-state index contributed by atoms with van der Waals surface area (Å²) in [4.78, 5) is 12.4. The summed E-state index contributed by atoms with van der Waals surface area (Å²) in [6.45, 7) is 2.01. The van der Waals surface area contributed by atoms with E-state index in [1.807, 2.05) is 31.4 Å². The highest BCUT2D eigenvalue weighted by Gasteiger charge is 2.08. The molecule has 1 atom stereocenters. The zero-order valence-corrected chi connectivity index (χ0v) is 10.7.